The van der Waals surface area contributed by atoms with Gasteiger partial charge in [0, 0.05) is 13.0 Å². The average molecular weight is 206 g/mol. The van der Waals surface area contributed by atoms with E-state index in [-0.39, 0.29) is 11.8 Å². The number of nitrogens with zero attached hydrogens (tertiary/aromatic N) is 1. The largest absolute Gasteiger partial charge is 0.307 e. The molecule has 0 radical (unpaired) electrons. The Bertz CT molecular complexity index is 391. The molecule has 14 heavy (non-hydrogen) atoms. The van der Waals surface area contributed by atoms with Crippen molar-refractivity contribution in [1.82, 2.24) is 5.32 Å². The van der Waals surface area contributed by atoms with E-state index in [1.807, 2.05) is 11.4 Å². The van der Waals surface area contributed by atoms with Gasteiger partial charge >= 0.3 is 0 Å². The van der Waals surface area contributed by atoms with Crippen molar-refractivity contribution in [3.05, 3.63) is 21.9 Å². The molecule has 1 aromatic heterocycles. The smallest absolute Gasteiger partial charge is 0.151 e. The second-order valence-corrected chi connectivity index (χ2v) is 4.27. The van der Waals surface area contributed by atoms with Gasteiger partial charge in [0.25, 0.3) is 0 Å². The molecule has 1 aromatic rings. The van der Waals surface area contributed by atoms with E-state index in [0.29, 0.717) is 11.3 Å². The Labute approximate surface area is 86.4 Å². The van der Waals surface area contributed by atoms with E-state index in [4.69, 9.17) is 5.26 Å². The van der Waals surface area contributed by atoms with Crippen molar-refractivity contribution < 1.29 is 4.79 Å². The molecule has 2 heterocycles. The minimum Gasteiger partial charge on any atom is -0.307 e. The standard InChI is InChI=1S/C10H10N2OS/c11-5-8-3-7(6-14-8)4-9-10(13)1-2-12-9/h3,6,9,12H,1-2,4H2. The minimum atomic E-state index is -0.0313. The van der Waals surface area contributed by atoms with E-state index < -0.39 is 0 Å². The fourth-order valence-electron chi connectivity index (χ4n) is 1.62. The number of nitrogens with one attached hydrogen (secondary N) is 1. The van der Waals surface area contributed by atoms with Crippen molar-refractivity contribution in [3.63, 3.8) is 0 Å². The van der Waals surface area contributed by atoms with Crippen LogP contribution in [0.1, 0.15) is 16.9 Å². The maximum absolute atomic E-state index is 11.3. The van der Waals surface area contributed by atoms with Crippen molar-refractivity contribution in [2.24, 2.45) is 0 Å². The highest BCUT2D eigenvalue weighted by atomic mass is 32.1. The fraction of sp³-hybridized carbons (Fsp3) is 0.400. The lowest BCUT2D eigenvalue weighted by molar-refractivity contribution is -0.118. The van der Waals surface area contributed by atoms with Gasteiger partial charge in [0.2, 0.25) is 0 Å². The Hall–Kier alpha value is -1.18. The van der Waals surface area contributed by atoms with Crippen LogP contribution in [0.4, 0.5) is 0 Å². The lowest BCUT2D eigenvalue weighted by Crippen LogP contribution is -2.29. The molecule has 0 aromatic carbocycles. The van der Waals surface area contributed by atoms with Crippen LogP contribution in [0.15, 0.2) is 11.4 Å². The lowest BCUT2D eigenvalue weighted by atomic mass is 10.1. The second-order valence-electron chi connectivity index (χ2n) is 3.36. The Morgan fingerprint density at radius 3 is 3.14 bits per heavy atom. The van der Waals surface area contributed by atoms with Gasteiger partial charge in [-0.05, 0) is 23.4 Å². The molecular formula is C10H10N2OS. The first-order chi connectivity index (χ1) is 6.79. The normalized spacial score (nSPS) is 21.1. The number of hydrogen-bond donors (Lipinski definition) is 1. The maximum atomic E-state index is 11.3. The molecule has 1 N–H and O–H groups in total. The highest BCUT2D eigenvalue weighted by molar-refractivity contribution is 7.10. The second kappa shape index (κ2) is 3.91. The predicted molar refractivity (Wildman–Crippen MR) is 54.2 cm³/mol. The van der Waals surface area contributed by atoms with Gasteiger partial charge in [0.1, 0.15) is 10.9 Å². The van der Waals surface area contributed by atoms with Crippen LogP contribution < -0.4 is 5.32 Å². The van der Waals surface area contributed by atoms with Gasteiger partial charge in [-0.1, -0.05) is 0 Å². The van der Waals surface area contributed by atoms with Crippen molar-refractivity contribution in [2.45, 2.75) is 18.9 Å². The van der Waals surface area contributed by atoms with E-state index in [1.165, 1.54) is 11.3 Å². The molecule has 72 valence electrons. The van der Waals surface area contributed by atoms with Crippen molar-refractivity contribution >= 4 is 17.1 Å². The topological polar surface area (TPSA) is 52.9 Å². The lowest BCUT2D eigenvalue weighted by Gasteiger charge is -2.05. The quantitative estimate of drug-likeness (QED) is 0.788. The Kier molecular flexibility index (Phi) is 2.62. The van der Waals surface area contributed by atoms with Crippen LogP contribution in [0, 0.1) is 11.3 Å². The van der Waals surface area contributed by atoms with Crippen LogP contribution in [0.25, 0.3) is 0 Å². The number of carbonyl (C=O) groups excluding carboxylic acids is 1. The third-order valence-electron chi connectivity index (χ3n) is 2.35. The zero-order valence-corrected chi connectivity index (χ0v) is 8.43. The summed E-state index contributed by atoms with van der Waals surface area (Å²) in [5, 5.41) is 13.7. The summed E-state index contributed by atoms with van der Waals surface area (Å²) in [6, 6.07) is 3.92. The van der Waals surface area contributed by atoms with Crippen molar-refractivity contribution in [3.8, 4) is 6.07 Å². The molecule has 4 heteroatoms. The Balaban J connectivity index is 2.04. The first kappa shape index (κ1) is 9.38. The van der Waals surface area contributed by atoms with Gasteiger partial charge in [0.05, 0.1) is 6.04 Å². The third-order valence-corrected chi connectivity index (χ3v) is 3.24. The fourth-order valence-corrected chi connectivity index (χ4v) is 2.34. The number of carbonyl (C=O) groups is 1. The predicted octanol–water partition coefficient (Wildman–Crippen LogP) is 1.09. The van der Waals surface area contributed by atoms with Gasteiger partial charge in [-0.15, -0.1) is 11.3 Å². The van der Waals surface area contributed by atoms with E-state index in [1.54, 1.807) is 0 Å². The molecule has 2 rings (SSSR count). The highest BCUT2D eigenvalue weighted by Gasteiger charge is 2.23. The third kappa shape index (κ3) is 1.84. The molecule has 0 amide bonds. The number of nitriles is 1. The first-order valence-electron chi connectivity index (χ1n) is 4.53. The summed E-state index contributed by atoms with van der Waals surface area (Å²) in [4.78, 5) is 12.0. The molecule has 0 saturated carbocycles. The maximum Gasteiger partial charge on any atom is 0.151 e. The highest BCUT2D eigenvalue weighted by Crippen LogP contribution is 2.16. The summed E-state index contributed by atoms with van der Waals surface area (Å²) >= 11 is 1.43. The summed E-state index contributed by atoms with van der Waals surface area (Å²) < 4.78 is 0. The summed E-state index contributed by atoms with van der Waals surface area (Å²) in [6.45, 7) is 0.790. The molecule has 1 aliphatic rings. The average Bonchev–Trinajstić information content (AvgIpc) is 2.77. The minimum absolute atomic E-state index is 0.0313. The number of rotatable bonds is 2. The molecule has 1 atom stereocenters. The zero-order chi connectivity index (χ0) is 9.97. The van der Waals surface area contributed by atoms with Gasteiger partial charge in [0.15, 0.2) is 5.78 Å². The summed E-state index contributed by atoms with van der Waals surface area (Å²) in [5.41, 5.74) is 1.08. The van der Waals surface area contributed by atoms with Gasteiger partial charge in [-0.3, -0.25) is 4.79 Å². The van der Waals surface area contributed by atoms with E-state index >= 15 is 0 Å². The van der Waals surface area contributed by atoms with E-state index in [0.717, 1.165) is 18.5 Å². The first-order valence-corrected chi connectivity index (χ1v) is 5.41. The number of thiophene rings is 1. The molecule has 1 aliphatic heterocycles. The van der Waals surface area contributed by atoms with E-state index in [2.05, 4.69) is 11.4 Å². The molecule has 1 fully saturated rings. The van der Waals surface area contributed by atoms with E-state index in [9.17, 15) is 4.79 Å². The molecule has 1 saturated heterocycles. The molecule has 3 nitrogen and oxygen atoms in total. The van der Waals surface area contributed by atoms with Crippen molar-refractivity contribution in [1.29, 1.82) is 5.26 Å². The SMILES string of the molecule is N#Cc1cc(CC2NCCC2=O)cs1. The van der Waals surface area contributed by atoms with Crippen LogP contribution in [0.2, 0.25) is 0 Å². The monoisotopic (exact) mass is 206 g/mol. The van der Waals surface area contributed by atoms with Crippen LogP contribution >= 0.6 is 11.3 Å². The number of ketones is 1. The molecule has 1 unspecified atom stereocenters. The Morgan fingerprint density at radius 1 is 1.71 bits per heavy atom. The molecule has 0 bridgehead atoms. The zero-order valence-electron chi connectivity index (χ0n) is 7.62. The molecule has 0 aliphatic carbocycles. The van der Waals surface area contributed by atoms with Crippen LogP contribution in [-0.4, -0.2) is 18.4 Å². The van der Waals surface area contributed by atoms with Crippen molar-refractivity contribution in [2.75, 3.05) is 6.54 Å². The molecular weight excluding hydrogens is 196 g/mol. The van der Waals surface area contributed by atoms with Gasteiger partial charge in [-0.2, -0.15) is 5.26 Å². The summed E-state index contributed by atoms with van der Waals surface area (Å²) in [7, 11) is 0. The van der Waals surface area contributed by atoms with Gasteiger partial charge < -0.3 is 5.32 Å². The van der Waals surface area contributed by atoms with Crippen LogP contribution in [0.5, 0.6) is 0 Å². The molecule has 0 spiro atoms. The summed E-state index contributed by atoms with van der Waals surface area (Å²) in [5.74, 6) is 0.287. The van der Waals surface area contributed by atoms with Crippen LogP contribution in [-0.2, 0) is 11.2 Å². The van der Waals surface area contributed by atoms with Gasteiger partial charge in [-0.25, -0.2) is 0 Å². The number of Topliss-reactive ketones (excluding diaryl/α,β-unsaturated/α-hetero) is 1. The van der Waals surface area contributed by atoms with Crippen LogP contribution in [0.3, 0.4) is 0 Å². The Morgan fingerprint density at radius 2 is 2.57 bits per heavy atom. The number of hydrogen-bond acceptors (Lipinski definition) is 4. The summed E-state index contributed by atoms with van der Waals surface area (Å²) in [6.07, 6.45) is 1.36.